The molecule has 17 heavy (non-hydrogen) atoms. The fourth-order valence-corrected chi connectivity index (χ4v) is 3.39. The van der Waals surface area contributed by atoms with Gasteiger partial charge in [0.2, 0.25) is 0 Å². The van der Waals surface area contributed by atoms with Crippen LogP contribution in [0.2, 0.25) is 0 Å². The zero-order valence-corrected chi connectivity index (χ0v) is 13.5. The smallest absolute Gasteiger partial charge is 0.160 e. The molecule has 0 amide bonds. The molecular formula is C14H25IO2. The summed E-state index contributed by atoms with van der Waals surface area (Å²) in [5, 5.41) is 0. The van der Waals surface area contributed by atoms with Crippen molar-refractivity contribution in [3.63, 3.8) is 0 Å². The van der Waals surface area contributed by atoms with Crippen molar-refractivity contribution >= 4 is 22.6 Å². The highest BCUT2D eigenvalue weighted by Crippen LogP contribution is 2.34. The Balaban J connectivity index is 2.83. The standard InChI is InChI=1S/C14H25IO2/c1-6-7-12-11(8-15)13(9(2)3)17-14(16-12)10(4)5/h6,9-14H,1,7-8H2,2-5H3/t11-,12-,13-,14+/m0/s1. The molecule has 0 aromatic carbocycles. The minimum absolute atomic E-state index is 0.0634. The SMILES string of the molecule is C=CC[C@@H]1O[C@@H](C(C)C)O[C@@H](C(C)C)[C@H]1CI. The molecule has 100 valence electrons. The first-order valence-corrected chi connectivity index (χ1v) is 8.01. The molecule has 0 unspecified atom stereocenters. The predicted octanol–water partition coefficient (Wildman–Crippen LogP) is 4.04. The van der Waals surface area contributed by atoms with Crippen LogP contribution in [0.25, 0.3) is 0 Å². The molecule has 1 rings (SSSR count). The maximum Gasteiger partial charge on any atom is 0.160 e. The lowest BCUT2D eigenvalue weighted by atomic mass is 9.87. The molecule has 1 saturated heterocycles. The Morgan fingerprint density at radius 1 is 1.18 bits per heavy atom. The van der Waals surface area contributed by atoms with Gasteiger partial charge in [0, 0.05) is 16.3 Å². The maximum atomic E-state index is 6.13. The summed E-state index contributed by atoms with van der Waals surface area (Å²) in [5.41, 5.74) is 0. The highest BCUT2D eigenvalue weighted by atomic mass is 127. The largest absolute Gasteiger partial charge is 0.348 e. The van der Waals surface area contributed by atoms with Gasteiger partial charge in [-0.2, -0.15) is 0 Å². The van der Waals surface area contributed by atoms with Gasteiger partial charge in [-0.25, -0.2) is 0 Å². The van der Waals surface area contributed by atoms with Crippen LogP contribution < -0.4 is 0 Å². The average Bonchev–Trinajstić information content (AvgIpc) is 2.28. The van der Waals surface area contributed by atoms with E-state index in [1.165, 1.54) is 0 Å². The Labute approximate surface area is 119 Å². The topological polar surface area (TPSA) is 18.5 Å². The number of alkyl halides is 1. The Hall–Kier alpha value is 0.390. The summed E-state index contributed by atoms with van der Waals surface area (Å²) >= 11 is 2.44. The lowest BCUT2D eigenvalue weighted by Gasteiger charge is -2.44. The molecule has 1 aliphatic rings. The van der Waals surface area contributed by atoms with Gasteiger partial charge < -0.3 is 9.47 Å². The second-order valence-corrected chi connectivity index (χ2v) is 6.35. The minimum Gasteiger partial charge on any atom is -0.348 e. The molecule has 0 bridgehead atoms. The van der Waals surface area contributed by atoms with E-state index in [4.69, 9.17) is 9.47 Å². The molecule has 3 heteroatoms. The fraction of sp³-hybridized carbons (Fsp3) is 0.857. The molecule has 4 atom stereocenters. The highest BCUT2D eigenvalue weighted by molar-refractivity contribution is 14.1. The highest BCUT2D eigenvalue weighted by Gasteiger charge is 2.40. The molecule has 0 aromatic rings. The van der Waals surface area contributed by atoms with Crippen molar-refractivity contribution in [2.24, 2.45) is 17.8 Å². The van der Waals surface area contributed by atoms with Crippen molar-refractivity contribution in [1.29, 1.82) is 0 Å². The summed E-state index contributed by atoms with van der Waals surface area (Å²) < 4.78 is 13.3. The summed E-state index contributed by atoms with van der Waals surface area (Å²) in [6.45, 7) is 12.6. The molecule has 1 heterocycles. The zero-order chi connectivity index (χ0) is 13.0. The molecule has 0 aliphatic carbocycles. The number of halogens is 1. The average molecular weight is 352 g/mol. The Morgan fingerprint density at radius 3 is 2.24 bits per heavy atom. The molecule has 1 aliphatic heterocycles. The zero-order valence-electron chi connectivity index (χ0n) is 11.4. The van der Waals surface area contributed by atoms with Crippen molar-refractivity contribution in [3.8, 4) is 0 Å². The summed E-state index contributed by atoms with van der Waals surface area (Å²) in [7, 11) is 0. The predicted molar refractivity (Wildman–Crippen MR) is 80.4 cm³/mol. The Kier molecular flexibility index (Phi) is 6.45. The lowest BCUT2D eigenvalue weighted by Crippen LogP contribution is -2.50. The lowest BCUT2D eigenvalue weighted by molar-refractivity contribution is -0.286. The van der Waals surface area contributed by atoms with Crippen LogP contribution in [-0.2, 0) is 9.47 Å². The van der Waals surface area contributed by atoms with Crippen LogP contribution in [0.5, 0.6) is 0 Å². The normalized spacial score (nSPS) is 34.3. The molecule has 0 spiro atoms. The van der Waals surface area contributed by atoms with Crippen molar-refractivity contribution in [3.05, 3.63) is 12.7 Å². The van der Waals surface area contributed by atoms with E-state index < -0.39 is 0 Å². The fourth-order valence-electron chi connectivity index (χ4n) is 2.32. The van der Waals surface area contributed by atoms with Crippen molar-refractivity contribution < 1.29 is 9.47 Å². The minimum atomic E-state index is -0.0634. The summed E-state index contributed by atoms with van der Waals surface area (Å²) in [6.07, 6.45) is 3.38. The van der Waals surface area contributed by atoms with E-state index in [2.05, 4.69) is 56.9 Å². The van der Waals surface area contributed by atoms with Gasteiger partial charge in [-0.05, 0) is 12.3 Å². The first kappa shape index (κ1) is 15.4. The molecule has 0 radical (unpaired) electrons. The van der Waals surface area contributed by atoms with Gasteiger partial charge in [-0.15, -0.1) is 6.58 Å². The maximum absolute atomic E-state index is 6.13. The van der Waals surface area contributed by atoms with Gasteiger partial charge in [0.15, 0.2) is 6.29 Å². The molecule has 0 saturated carbocycles. The Bertz CT molecular complexity index is 240. The van der Waals surface area contributed by atoms with Crippen LogP contribution >= 0.6 is 22.6 Å². The van der Waals surface area contributed by atoms with E-state index in [1.807, 2.05) is 6.08 Å². The second kappa shape index (κ2) is 7.10. The van der Waals surface area contributed by atoms with Crippen LogP contribution in [0.1, 0.15) is 34.1 Å². The van der Waals surface area contributed by atoms with Crippen molar-refractivity contribution in [1.82, 2.24) is 0 Å². The van der Waals surface area contributed by atoms with Gasteiger partial charge >= 0.3 is 0 Å². The van der Waals surface area contributed by atoms with E-state index in [0.29, 0.717) is 23.9 Å². The summed E-state index contributed by atoms with van der Waals surface area (Å²) in [4.78, 5) is 0. The van der Waals surface area contributed by atoms with Gasteiger partial charge in [0.1, 0.15) is 0 Å². The van der Waals surface area contributed by atoms with E-state index in [0.717, 1.165) is 10.8 Å². The third-order valence-electron chi connectivity index (χ3n) is 3.28. The monoisotopic (exact) mass is 352 g/mol. The molecule has 0 aromatic heterocycles. The third-order valence-corrected chi connectivity index (χ3v) is 4.30. The van der Waals surface area contributed by atoms with Crippen LogP contribution in [0.15, 0.2) is 12.7 Å². The van der Waals surface area contributed by atoms with E-state index in [-0.39, 0.29) is 12.4 Å². The number of rotatable bonds is 5. The second-order valence-electron chi connectivity index (χ2n) is 5.47. The molecule has 2 nitrogen and oxygen atoms in total. The summed E-state index contributed by atoms with van der Waals surface area (Å²) in [6, 6.07) is 0. The van der Waals surface area contributed by atoms with E-state index in [1.54, 1.807) is 0 Å². The van der Waals surface area contributed by atoms with Gasteiger partial charge in [-0.3, -0.25) is 0 Å². The van der Waals surface area contributed by atoms with E-state index in [9.17, 15) is 0 Å². The molecule has 0 N–H and O–H groups in total. The van der Waals surface area contributed by atoms with Crippen molar-refractivity contribution in [2.75, 3.05) is 4.43 Å². The van der Waals surface area contributed by atoms with Gasteiger partial charge in [0.25, 0.3) is 0 Å². The molecule has 1 fully saturated rings. The van der Waals surface area contributed by atoms with Gasteiger partial charge in [0.05, 0.1) is 12.2 Å². The van der Waals surface area contributed by atoms with Gasteiger partial charge in [-0.1, -0.05) is 56.4 Å². The number of ether oxygens (including phenoxy) is 2. The molecular weight excluding hydrogens is 327 g/mol. The first-order chi connectivity index (χ1) is 8.01. The first-order valence-electron chi connectivity index (χ1n) is 6.49. The number of hydrogen-bond acceptors (Lipinski definition) is 2. The van der Waals surface area contributed by atoms with Crippen LogP contribution in [0.3, 0.4) is 0 Å². The quantitative estimate of drug-likeness (QED) is 0.422. The van der Waals surface area contributed by atoms with Crippen LogP contribution in [0.4, 0.5) is 0 Å². The van der Waals surface area contributed by atoms with Crippen LogP contribution in [0, 0.1) is 17.8 Å². The Morgan fingerprint density at radius 2 is 1.82 bits per heavy atom. The van der Waals surface area contributed by atoms with E-state index >= 15 is 0 Å². The third kappa shape index (κ3) is 3.93. The summed E-state index contributed by atoms with van der Waals surface area (Å²) in [5.74, 6) is 1.41. The number of hydrogen-bond donors (Lipinski definition) is 0. The van der Waals surface area contributed by atoms with Crippen LogP contribution in [-0.4, -0.2) is 22.9 Å². The van der Waals surface area contributed by atoms with Crippen molar-refractivity contribution in [2.45, 2.75) is 52.6 Å².